The molecule has 1 saturated heterocycles. The number of carbonyl (C=O) groups excluding carboxylic acids is 1. The summed E-state index contributed by atoms with van der Waals surface area (Å²) in [4.78, 5) is 23.9. The molecule has 1 fully saturated rings. The summed E-state index contributed by atoms with van der Waals surface area (Å²) in [5.74, 6) is -2.12. The van der Waals surface area contributed by atoms with E-state index >= 15 is 0 Å². The minimum absolute atomic E-state index is 0.130. The van der Waals surface area contributed by atoms with Gasteiger partial charge in [0.15, 0.2) is 5.41 Å². The van der Waals surface area contributed by atoms with Crippen LogP contribution >= 0.6 is 0 Å². The second-order valence-electron chi connectivity index (χ2n) is 5.50. The van der Waals surface area contributed by atoms with Crippen LogP contribution < -0.4 is 0 Å². The normalized spacial score (nSPS) is 26.2. The van der Waals surface area contributed by atoms with Crippen LogP contribution in [0, 0.1) is 11.3 Å². The van der Waals surface area contributed by atoms with Crippen LogP contribution in [0.15, 0.2) is 0 Å². The van der Waals surface area contributed by atoms with Crippen molar-refractivity contribution in [3.8, 4) is 0 Å². The van der Waals surface area contributed by atoms with Crippen LogP contribution in [0.3, 0.4) is 0 Å². The van der Waals surface area contributed by atoms with Gasteiger partial charge in [0.05, 0.1) is 18.8 Å². The number of ether oxygens (including phenoxy) is 2. The van der Waals surface area contributed by atoms with Crippen molar-refractivity contribution in [2.45, 2.75) is 59.2 Å². The Morgan fingerprint density at radius 3 is 2.42 bits per heavy atom. The molecule has 1 aliphatic heterocycles. The zero-order chi connectivity index (χ0) is 14.6. The highest BCUT2D eigenvalue weighted by Gasteiger charge is 2.52. The average Bonchev–Trinajstić information content (AvgIpc) is 2.70. The number of esters is 1. The molecular formula is C14H24O5. The molecule has 1 aliphatic rings. The van der Waals surface area contributed by atoms with Crippen LogP contribution in [-0.4, -0.2) is 35.9 Å². The molecular weight excluding hydrogens is 248 g/mol. The number of carboxylic acid groups (broad SMARTS) is 1. The maximum absolute atomic E-state index is 12.2. The molecule has 19 heavy (non-hydrogen) atoms. The second kappa shape index (κ2) is 6.37. The lowest BCUT2D eigenvalue weighted by atomic mass is 9.72. The molecule has 0 aromatic heterocycles. The van der Waals surface area contributed by atoms with Crippen molar-refractivity contribution in [3.63, 3.8) is 0 Å². The van der Waals surface area contributed by atoms with Gasteiger partial charge < -0.3 is 14.6 Å². The maximum atomic E-state index is 12.2. The Labute approximate surface area is 114 Å². The number of rotatable bonds is 6. The van der Waals surface area contributed by atoms with Gasteiger partial charge in [-0.05, 0) is 32.6 Å². The fourth-order valence-corrected chi connectivity index (χ4v) is 2.63. The van der Waals surface area contributed by atoms with Gasteiger partial charge in [0.25, 0.3) is 0 Å². The molecule has 5 heteroatoms. The summed E-state index contributed by atoms with van der Waals surface area (Å²) >= 11 is 0. The van der Waals surface area contributed by atoms with E-state index in [-0.39, 0.29) is 31.2 Å². The number of carboxylic acids is 1. The summed E-state index contributed by atoms with van der Waals surface area (Å²) in [6, 6.07) is 0. The van der Waals surface area contributed by atoms with Crippen LogP contribution in [0.5, 0.6) is 0 Å². The Morgan fingerprint density at radius 2 is 2.05 bits per heavy atom. The predicted octanol–water partition coefficient (Wildman–Crippen LogP) is 2.23. The summed E-state index contributed by atoms with van der Waals surface area (Å²) in [7, 11) is 0. The predicted molar refractivity (Wildman–Crippen MR) is 69.7 cm³/mol. The van der Waals surface area contributed by atoms with Gasteiger partial charge in [0, 0.05) is 6.42 Å². The lowest BCUT2D eigenvalue weighted by Gasteiger charge is -2.32. The van der Waals surface area contributed by atoms with Crippen LogP contribution in [0.4, 0.5) is 0 Å². The second-order valence-corrected chi connectivity index (χ2v) is 5.50. The van der Waals surface area contributed by atoms with E-state index in [0.29, 0.717) is 0 Å². The molecule has 3 atom stereocenters. The minimum Gasteiger partial charge on any atom is -0.480 e. The van der Waals surface area contributed by atoms with Crippen LogP contribution in [-0.2, 0) is 19.1 Å². The van der Waals surface area contributed by atoms with Crippen LogP contribution in [0.2, 0.25) is 0 Å². The van der Waals surface area contributed by atoms with E-state index in [1.54, 1.807) is 20.8 Å². The first kappa shape index (κ1) is 16.0. The smallest absolute Gasteiger partial charge is 0.323 e. The lowest BCUT2D eigenvalue weighted by molar-refractivity contribution is -0.175. The summed E-state index contributed by atoms with van der Waals surface area (Å²) < 4.78 is 10.7. The highest BCUT2D eigenvalue weighted by atomic mass is 16.5. The molecule has 0 spiro atoms. The van der Waals surface area contributed by atoms with Gasteiger partial charge in [0.1, 0.15) is 0 Å². The zero-order valence-corrected chi connectivity index (χ0v) is 12.1. The Kier molecular flexibility index (Phi) is 5.35. The zero-order valence-electron chi connectivity index (χ0n) is 12.1. The highest BCUT2D eigenvalue weighted by Crippen LogP contribution is 2.38. The molecule has 0 radical (unpaired) electrons. The molecule has 0 bridgehead atoms. The largest absolute Gasteiger partial charge is 0.480 e. The molecule has 110 valence electrons. The van der Waals surface area contributed by atoms with E-state index in [9.17, 15) is 14.7 Å². The van der Waals surface area contributed by atoms with E-state index in [2.05, 4.69) is 0 Å². The Bertz CT molecular complexity index is 339. The van der Waals surface area contributed by atoms with E-state index < -0.39 is 17.4 Å². The molecule has 0 saturated carbocycles. The number of hydrogen-bond donors (Lipinski definition) is 1. The summed E-state index contributed by atoms with van der Waals surface area (Å²) in [6.07, 6.45) is 1.83. The molecule has 0 aromatic carbocycles. The number of aliphatic carboxylic acids is 1. The third kappa shape index (κ3) is 3.26. The fourth-order valence-electron chi connectivity index (χ4n) is 2.63. The van der Waals surface area contributed by atoms with Gasteiger partial charge in [-0.1, -0.05) is 13.8 Å². The molecule has 3 unspecified atom stereocenters. The van der Waals surface area contributed by atoms with Crippen molar-refractivity contribution in [2.24, 2.45) is 11.3 Å². The van der Waals surface area contributed by atoms with E-state index in [4.69, 9.17) is 9.47 Å². The fraction of sp³-hybridized carbons (Fsp3) is 0.857. The third-order valence-electron chi connectivity index (χ3n) is 3.88. The summed E-state index contributed by atoms with van der Waals surface area (Å²) in [5, 5.41) is 9.56. The van der Waals surface area contributed by atoms with E-state index in [0.717, 1.165) is 12.8 Å². The van der Waals surface area contributed by atoms with Gasteiger partial charge in [-0.25, -0.2) is 0 Å². The standard InChI is InChI=1S/C14H24O5/c1-5-18-13(17)14(9(2)3,12(15)16)8-11-7-6-10(4)19-11/h9-11H,5-8H2,1-4H3,(H,15,16). The Hall–Kier alpha value is -1.10. The third-order valence-corrected chi connectivity index (χ3v) is 3.88. The number of hydrogen-bond acceptors (Lipinski definition) is 4. The molecule has 5 nitrogen and oxygen atoms in total. The lowest BCUT2D eigenvalue weighted by Crippen LogP contribution is -2.47. The SMILES string of the molecule is CCOC(=O)C(CC1CCC(C)O1)(C(=O)O)C(C)C. The van der Waals surface area contributed by atoms with Crippen molar-refractivity contribution in [3.05, 3.63) is 0 Å². The van der Waals surface area contributed by atoms with Crippen molar-refractivity contribution in [1.29, 1.82) is 0 Å². The van der Waals surface area contributed by atoms with Gasteiger partial charge >= 0.3 is 11.9 Å². The quantitative estimate of drug-likeness (QED) is 0.593. The van der Waals surface area contributed by atoms with Crippen molar-refractivity contribution in [1.82, 2.24) is 0 Å². The van der Waals surface area contributed by atoms with Gasteiger partial charge in [-0.2, -0.15) is 0 Å². The van der Waals surface area contributed by atoms with Crippen molar-refractivity contribution >= 4 is 11.9 Å². The number of carbonyl (C=O) groups is 2. The molecule has 1 heterocycles. The first-order valence-electron chi connectivity index (χ1n) is 6.90. The van der Waals surface area contributed by atoms with Crippen LogP contribution in [0.1, 0.15) is 47.0 Å². The van der Waals surface area contributed by atoms with E-state index in [1.807, 2.05) is 6.92 Å². The Balaban J connectivity index is 2.96. The highest BCUT2D eigenvalue weighted by molar-refractivity contribution is 5.99. The Morgan fingerprint density at radius 1 is 1.42 bits per heavy atom. The molecule has 1 rings (SSSR count). The molecule has 1 N–H and O–H groups in total. The minimum atomic E-state index is -1.51. The molecule has 0 aliphatic carbocycles. The summed E-state index contributed by atoms with van der Waals surface area (Å²) in [6.45, 7) is 7.30. The van der Waals surface area contributed by atoms with Gasteiger partial charge in [-0.3, -0.25) is 9.59 Å². The van der Waals surface area contributed by atoms with Crippen molar-refractivity contribution in [2.75, 3.05) is 6.61 Å². The first-order chi connectivity index (χ1) is 8.84. The van der Waals surface area contributed by atoms with Crippen LogP contribution in [0.25, 0.3) is 0 Å². The topological polar surface area (TPSA) is 72.8 Å². The monoisotopic (exact) mass is 272 g/mol. The van der Waals surface area contributed by atoms with Crippen molar-refractivity contribution < 1.29 is 24.2 Å². The maximum Gasteiger partial charge on any atom is 0.323 e. The summed E-state index contributed by atoms with van der Waals surface area (Å²) in [5.41, 5.74) is -1.51. The molecule has 0 aromatic rings. The van der Waals surface area contributed by atoms with Gasteiger partial charge in [0.2, 0.25) is 0 Å². The average molecular weight is 272 g/mol. The van der Waals surface area contributed by atoms with Gasteiger partial charge in [-0.15, -0.1) is 0 Å². The molecule has 0 amide bonds. The van der Waals surface area contributed by atoms with E-state index in [1.165, 1.54) is 0 Å². The first-order valence-corrected chi connectivity index (χ1v) is 6.90.